The average molecular weight is 377 g/mol. The summed E-state index contributed by atoms with van der Waals surface area (Å²) in [5.74, 6) is 0.700. The molecule has 0 aliphatic heterocycles. The Kier molecular flexibility index (Phi) is 4.10. The van der Waals surface area contributed by atoms with Crippen LogP contribution in [0.25, 0.3) is 33.2 Å². The van der Waals surface area contributed by atoms with Gasteiger partial charge in [-0.2, -0.15) is 0 Å². The quantitative estimate of drug-likeness (QED) is 0.408. The molecular weight excluding hydrogens is 358 g/mol. The zero-order chi connectivity index (χ0) is 19.8. The Morgan fingerprint density at radius 2 is 1.55 bits per heavy atom. The number of nitrogens with zero attached hydrogens (tertiary/aromatic N) is 1. The summed E-state index contributed by atoms with van der Waals surface area (Å²) in [6.45, 7) is 2.06. The molecule has 4 nitrogen and oxygen atoms in total. The van der Waals surface area contributed by atoms with Gasteiger partial charge >= 0.3 is 0 Å². The number of fused-ring (bicyclic) bond motifs is 2. The van der Waals surface area contributed by atoms with Crippen molar-refractivity contribution < 1.29 is 4.79 Å². The van der Waals surface area contributed by atoms with Crippen LogP contribution in [-0.2, 0) is 0 Å². The van der Waals surface area contributed by atoms with Crippen molar-refractivity contribution in [1.29, 1.82) is 0 Å². The second kappa shape index (κ2) is 6.91. The van der Waals surface area contributed by atoms with Gasteiger partial charge in [0, 0.05) is 16.8 Å². The minimum Gasteiger partial charge on any atom is -0.338 e. The van der Waals surface area contributed by atoms with E-state index in [1.165, 1.54) is 0 Å². The molecule has 0 atom stereocenters. The zero-order valence-electron chi connectivity index (χ0n) is 15.9. The predicted octanol–water partition coefficient (Wildman–Crippen LogP) is 5.94. The van der Waals surface area contributed by atoms with Gasteiger partial charge in [0.2, 0.25) is 0 Å². The average Bonchev–Trinajstić information content (AvgIpc) is 3.19. The largest absolute Gasteiger partial charge is 0.338 e. The summed E-state index contributed by atoms with van der Waals surface area (Å²) in [4.78, 5) is 20.8. The highest BCUT2D eigenvalue weighted by molar-refractivity contribution is 6.13. The monoisotopic (exact) mass is 377 g/mol. The van der Waals surface area contributed by atoms with Crippen molar-refractivity contribution in [3.63, 3.8) is 0 Å². The van der Waals surface area contributed by atoms with Crippen molar-refractivity contribution in [2.24, 2.45) is 0 Å². The van der Waals surface area contributed by atoms with Crippen molar-refractivity contribution in [1.82, 2.24) is 9.97 Å². The van der Waals surface area contributed by atoms with Crippen molar-refractivity contribution in [3.05, 3.63) is 96.1 Å². The Bertz CT molecular complexity index is 1320. The molecule has 140 valence electrons. The molecule has 2 N–H and O–H groups in total. The summed E-state index contributed by atoms with van der Waals surface area (Å²) in [5, 5.41) is 5.07. The maximum Gasteiger partial charge on any atom is 0.256 e. The first kappa shape index (κ1) is 17.2. The first-order valence-corrected chi connectivity index (χ1v) is 9.54. The van der Waals surface area contributed by atoms with Gasteiger partial charge in [-0.1, -0.05) is 42.5 Å². The number of hydrogen-bond acceptors (Lipinski definition) is 2. The molecule has 0 aliphatic carbocycles. The van der Waals surface area contributed by atoms with Crippen LogP contribution in [-0.4, -0.2) is 15.9 Å². The fourth-order valence-electron chi connectivity index (χ4n) is 3.65. The van der Waals surface area contributed by atoms with E-state index in [0.717, 1.165) is 44.4 Å². The highest BCUT2D eigenvalue weighted by Gasteiger charge is 2.12. The normalized spacial score (nSPS) is 11.1. The summed E-state index contributed by atoms with van der Waals surface area (Å²) in [6.07, 6.45) is 0. The number of H-pyrrole nitrogens is 1. The van der Waals surface area contributed by atoms with Gasteiger partial charge in [0.05, 0.1) is 11.0 Å². The van der Waals surface area contributed by atoms with Crippen molar-refractivity contribution in [2.45, 2.75) is 6.92 Å². The SMILES string of the molecule is Cc1ccc(C(=O)Nc2ccc(-c3nc4ccccc4[nH]3)cc2)c2ccccc12. The van der Waals surface area contributed by atoms with Crippen LogP contribution in [0.15, 0.2) is 84.9 Å². The summed E-state index contributed by atoms with van der Waals surface area (Å²) in [7, 11) is 0. The summed E-state index contributed by atoms with van der Waals surface area (Å²) in [6, 6.07) is 27.5. The Morgan fingerprint density at radius 1 is 0.828 bits per heavy atom. The molecule has 0 bridgehead atoms. The maximum absolute atomic E-state index is 12.9. The molecular formula is C25H19N3O. The molecule has 0 unspecified atom stereocenters. The Morgan fingerprint density at radius 3 is 2.34 bits per heavy atom. The number of aromatic nitrogens is 2. The number of carbonyl (C=O) groups is 1. The van der Waals surface area contributed by atoms with Gasteiger partial charge in [-0.25, -0.2) is 4.98 Å². The smallest absolute Gasteiger partial charge is 0.256 e. The van der Waals surface area contributed by atoms with E-state index in [0.29, 0.717) is 5.56 Å². The van der Waals surface area contributed by atoms with Gasteiger partial charge in [-0.05, 0) is 65.7 Å². The van der Waals surface area contributed by atoms with Crippen LogP contribution in [0.2, 0.25) is 0 Å². The van der Waals surface area contributed by atoms with Crippen LogP contribution >= 0.6 is 0 Å². The number of nitrogens with one attached hydrogen (secondary N) is 2. The standard InChI is InChI=1S/C25H19N3O/c1-16-10-15-21(20-7-3-2-6-19(16)20)25(29)26-18-13-11-17(12-14-18)24-27-22-8-4-5-9-23(22)28-24/h2-15H,1H3,(H,26,29)(H,27,28). The van der Waals surface area contributed by atoms with E-state index in [4.69, 9.17) is 0 Å². The number of rotatable bonds is 3. The molecule has 29 heavy (non-hydrogen) atoms. The number of aryl methyl sites for hydroxylation is 1. The van der Waals surface area contributed by atoms with E-state index in [1.54, 1.807) is 0 Å². The number of amides is 1. The predicted molar refractivity (Wildman–Crippen MR) is 118 cm³/mol. The number of benzene rings is 4. The minimum atomic E-state index is -0.113. The number of hydrogen-bond donors (Lipinski definition) is 2. The third kappa shape index (κ3) is 3.15. The highest BCUT2D eigenvalue weighted by atomic mass is 16.1. The molecule has 0 fully saturated rings. The fourth-order valence-corrected chi connectivity index (χ4v) is 3.65. The molecule has 4 aromatic carbocycles. The molecule has 5 aromatic rings. The van der Waals surface area contributed by atoms with E-state index < -0.39 is 0 Å². The van der Waals surface area contributed by atoms with E-state index in [2.05, 4.69) is 22.2 Å². The number of para-hydroxylation sites is 2. The lowest BCUT2D eigenvalue weighted by molar-refractivity contribution is 0.102. The highest BCUT2D eigenvalue weighted by Crippen LogP contribution is 2.25. The second-order valence-electron chi connectivity index (χ2n) is 7.11. The van der Waals surface area contributed by atoms with E-state index in [-0.39, 0.29) is 5.91 Å². The van der Waals surface area contributed by atoms with Crippen molar-refractivity contribution >= 4 is 33.4 Å². The van der Waals surface area contributed by atoms with Crippen molar-refractivity contribution in [3.8, 4) is 11.4 Å². The van der Waals surface area contributed by atoms with Crippen LogP contribution in [0, 0.1) is 6.92 Å². The third-order valence-electron chi connectivity index (χ3n) is 5.19. The van der Waals surface area contributed by atoms with Gasteiger partial charge in [0.1, 0.15) is 5.82 Å². The van der Waals surface area contributed by atoms with Crippen LogP contribution in [0.5, 0.6) is 0 Å². The van der Waals surface area contributed by atoms with E-state index in [1.807, 2.05) is 84.9 Å². The lowest BCUT2D eigenvalue weighted by Crippen LogP contribution is -2.12. The molecule has 0 spiro atoms. The fraction of sp³-hybridized carbons (Fsp3) is 0.0400. The Balaban J connectivity index is 1.41. The lowest BCUT2D eigenvalue weighted by Gasteiger charge is -2.10. The third-order valence-corrected chi connectivity index (χ3v) is 5.19. The molecule has 1 amide bonds. The Labute approximate surface area is 168 Å². The summed E-state index contributed by atoms with van der Waals surface area (Å²) < 4.78 is 0. The van der Waals surface area contributed by atoms with E-state index in [9.17, 15) is 4.79 Å². The van der Waals surface area contributed by atoms with Crippen molar-refractivity contribution in [2.75, 3.05) is 5.32 Å². The molecule has 0 aliphatic rings. The van der Waals surface area contributed by atoms with Gasteiger partial charge in [0.15, 0.2) is 0 Å². The Hall–Kier alpha value is -3.92. The number of anilines is 1. The maximum atomic E-state index is 12.9. The second-order valence-corrected chi connectivity index (χ2v) is 7.11. The zero-order valence-corrected chi connectivity index (χ0v) is 15.9. The molecule has 0 radical (unpaired) electrons. The van der Waals surface area contributed by atoms with Gasteiger partial charge in [0.25, 0.3) is 5.91 Å². The molecule has 5 rings (SSSR count). The van der Waals surface area contributed by atoms with Gasteiger partial charge in [-0.15, -0.1) is 0 Å². The van der Waals surface area contributed by atoms with Crippen LogP contribution in [0.4, 0.5) is 5.69 Å². The summed E-state index contributed by atoms with van der Waals surface area (Å²) >= 11 is 0. The van der Waals surface area contributed by atoms with Crippen LogP contribution < -0.4 is 5.32 Å². The first-order valence-electron chi connectivity index (χ1n) is 9.54. The topological polar surface area (TPSA) is 57.8 Å². The number of carbonyl (C=O) groups excluding carboxylic acids is 1. The summed E-state index contributed by atoms with van der Waals surface area (Å²) in [5.41, 5.74) is 5.50. The molecule has 4 heteroatoms. The van der Waals surface area contributed by atoms with Gasteiger partial charge < -0.3 is 10.3 Å². The lowest BCUT2D eigenvalue weighted by atomic mass is 10.00. The molecule has 0 saturated heterocycles. The first-order chi connectivity index (χ1) is 14.2. The van der Waals surface area contributed by atoms with Crippen LogP contribution in [0.1, 0.15) is 15.9 Å². The molecule has 1 aromatic heterocycles. The number of imidazole rings is 1. The molecule has 1 heterocycles. The molecule has 0 saturated carbocycles. The minimum absolute atomic E-state index is 0.113. The van der Waals surface area contributed by atoms with E-state index >= 15 is 0 Å². The van der Waals surface area contributed by atoms with Gasteiger partial charge in [-0.3, -0.25) is 4.79 Å². The van der Waals surface area contributed by atoms with Crippen LogP contribution in [0.3, 0.4) is 0 Å². The number of aromatic amines is 1.